The fourth-order valence-electron chi connectivity index (χ4n) is 2.07. The van der Waals surface area contributed by atoms with Gasteiger partial charge >= 0.3 is 0 Å². The summed E-state index contributed by atoms with van der Waals surface area (Å²) >= 11 is 0. The second-order valence-electron chi connectivity index (χ2n) is 4.46. The van der Waals surface area contributed by atoms with E-state index in [9.17, 15) is 4.79 Å². The normalized spacial score (nSPS) is 10.3. The summed E-state index contributed by atoms with van der Waals surface area (Å²) in [7, 11) is 0. The minimum Gasteiger partial charge on any atom is -0.298 e. The molecule has 1 heteroatoms. The molecule has 0 N–H and O–H groups in total. The van der Waals surface area contributed by atoms with E-state index in [1.807, 2.05) is 31.2 Å². The molecule has 0 aliphatic carbocycles. The van der Waals surface area contributed by atoms with Gasteiger partial charge in [-0.05, 0) is 49.1 Å². The van der Waals surface area contributed by atoms with E-state index in [2.05, 4.69) is 26.0 Å². The number of hydrogen-bond acceptors (Lipinski definition) is 1. The van der Waals surface area contributed by atoms with Crippen molar-refractivity contribution in [2.75, 3.05) is 0 Å². The summed E-state index contributed by atoms with van der Waals surface area (Å²) in [6.45, 7) is 6.19. The van der Waals surface area contributed by atoms with Crippen LogP contribution in [0.4, 0.5) is 0 Å². The fraction of sp³-hybridized carbons (Fsp3) is 0.188. The van der Waals surface area contributed by atoms with E-state index in [1.54, 1.807) is 0 Å². The van der Waals surface area contributed by atoms with Gasteiger partial charge in [0, 0.05) is 5.56 Å². The molecule has 0 atom stereocenters. The van der Waals surface area contributed by atoms with Crippen molar-refractivity contribution >= 4 is 6.29 Å². The Morgan fingerprint density at radius 1 is 0.941 bits per heavy atom. The molecule has 0 aromatic heterocycles. The number of benzene rings is 2. The molecule has 0 spiro atoms. The van der Waals surface area contributed by atoms with Gasteiger partial charge in [-0.15, -0.1) is 0 Å². The van der Waals surface area contributed by atoms with Crippen molar-refractivity contribution in [1.29, 1.82) is 0 Å². The maximum absolute atomic E-state index is 11.1. The third-order valence-corrected chi connectivity index (χ3v) is 3.23. The van der Waals surface area contributed by atoms with Crippen molar-refractivity contribution in [2.45, 2.75) is 20.8 Å². The van der Waals surface area contributed by atoms with Crippen LogP contribution in [0, 0.1) is 20.8 Å². The van der Waals surface area contributed by atoms with Crippen molar-refractivity contribution in [2.24, 2.45) is 0 Å². The Balaban J connectivity index is 2.68. The number of aldehydes is 1. The van der Waals surface area contributed by atoms with Gasteiger partial charge in [0.2, 0.25) is 0 Å². The molecule has 0 bridgehead atoms. The second-order valence-corrected chi connectivity index (χ2v) is 4.46. The zero-order valence-corrected chi connectivity index (χ0v) is 10.4. The van der Waals surface area contributed by atoms with Gasteiger partial charge in [-0.3, -0.25) is 4.79 Å². The van der Waals surface area contributed by atoms with E-state index in [-0.39, 0.29) is 0 Å². The van der Waals surface area contributed by atoms with Gasteiger partial charge in [0.25, 0.3) is 0 Å². The summed E-state index contributed by atoms with van der Waals surface area (Å²) in [6.07, 6.45) is 0.935. The molecule has 0 aliphatic heterocycles. The van der Waals surface area contributed by atoms with Crippen LogP contribution in [-0.4, -0.2) is 6.29 Å². The predicted octanol–water partition coefficient (Wildman–Crippen LogP) is 4.09. The van der Waals surface area contributed by atoms with Crippen molar-refractivity contribution in [3.8, 4) is 11.1 Å². The van der Waals surface area contributed by atoms with Crippen LogP contribution in [-0.2, 0) is 0 Å². The first kappa shape index (κ1) is 11.6. The molecule has 0 unspecified atom stereocenters. The summed E-state index contributed by atoms with van der Waals surface area (Å²) in [4.78, 5) is 11.1. The minimum atomic E-state index is 0.763. The van der Waals surface area contributed by atoms with E-state index in [4.69, 9.17) is 0 Å². The Morgan fingerprint density at radius 3 is 2.41 bits per heavy atom. The molecule has 0 radical (unpaired) electrons. The van der Waals surface area contributed by atoms with Gasteiger partial charge in [0.15, 0.2) is 6.29 Å². The maximum Gasteiger partial charge on any atom is 0.150 e. The van der Waals surface area contributed by atoms with Crippen LogP contribution in [0.5, 0.6) is 0 Å². The van der Waals surface area contributed by atoms with E-state index < -0.39 is 0 Å². The lowest BCUT2D eigenvalue weighted by molar-refractivity contribution is 0.112. The van der Waals surface area contributed by atoms with E-state index >= 15 is 0 Å². The average Bonchev–Trinajstić information content (AvgIpc) is 2.33. The number of carbonyl (C=O) groups excluding carboxylic acids is 1. The lowest BCUT2D eigenvalue weighted by Crippen LogP contribution is -1.92. The lowest BCUT2D eigenvalue weighted by Gasteiger charge is -2.11. The first-order valence-electron chi connectivity index (χ1n) is 5.76. The standard InChI is InChI=1S/C16H16O/c1-11-7-8-16(14(9-11)10-17)15-6-4-5-12(2)13(15)3/h4-10H,1-3H3. The number of carbonyl (C=O) groups is 1. The quantitative estimate of drug-likeness (QED) is 0.702. The Bertz CT molecular complexity index is 568. The largest absolute Gasteiger partial charge is 0.298 e. The predicted molar refractivity (Wildman–Crippen MR) is 71.5 cm³/mol. The maximum atomic E-state index is 11.1. The molecule has 1 nitrogen and oxygen atoms in total. The van der Waals surface area contributed by atoms with Gasteiger partial charge in [0.05, 0.1) is 0 Å². The number of hydrogen-bond donors (Lipinski definition) is 0. The highest BCUT2D eigenvalue weighted by molar-refractivity contribution is 5.88. The Morgan fingerprint density at radius 2 is 1.71 bits per heavy atom. The van der Waals surface area contributed by atoms with Crippen LogP contribution in [0.1, 0.15) is 27.0 Å². The van der Waals surface area contributed by atoms with Crippen molar-refractivity contribution in [3.63, 3.8) is 0 Å². The lowest BCUT2D eigenvalue weighted by atomic mass is 9.93. The van der Waals surface area contributed by atoms with Crippen LogP contribution in [0.2, 0.25) is 0 Å². The molecule has 86 valence electrons. The van der Waals surface area contributed by atoms with Gasteiger partial charge in [-0.2, -0.15) is 0 Å². The smallest absolute Gasteiger partial charge is 0.150 e. The van der Waals surface area contributed by atoms with Crippen LogP contribution in [0.3, 0.4) is 0 Å². The van der Waals surface area contributed by atoms with Gasteiger partial charge < -0.3 is 0 Å². The van der Waals surface area contributed by atoms with Crippen molar-refractivity contribution < 1.29 is 4.79 Å². The summed E-state index contributed by atoms with van der Waals surface area (Å²) in [5, 5.41) is 0. The molecule has 0 fully saturated rings. The molecular formula is C16H16O. The van der Waals surface area contributed by atoms with E-state index in [0.717, 1.165) is 28.5 Å². The van der Waals surface area contributed by atoms with E-state index in [1.165, 1.54) is 11.1 Å². The first-order chi connectivity index (χ1) is 8.13. The van der Waals surface area contributed by atoms with Crippen LogP contribution in [0.25, 0.3) is 11.1 Å². The summed E-state index contributed by atoms with van der Waals surface area (Å²) in [5.74, 6) is 0. The number of rotatable bonds is 2. The van der Waals surface area contributed by atoms with Gasteiger partial charge in [-0.1, -0.05) is 35.9 Å². The Hall–Kier alpha value is -1.89. The van der Waals surface area contributed by atoms with E-state index in [0.29, 0.717) is 0 Å². The summed E-state index contributed by atoms with van der Waals surface area (Å²) in [5.41, 5.74) is 6.53. The molecule has 0 saturated carbocycles. The molecule has 2 aromatic rings. The van der Waals surface area contributed by atoms with Crippen molar-refractivity contribution in [3.05, 3.63) is 58.7 Å². The zero-order chi connectivity index (χ0) is 12.4. The highest BCUT2D eigenvalue weighted by Crippen LogP contribution is 2.28. The molecule has 2 rings (SSSR count). The summed E-state index contributed by atoms with van der Waals surface area (Å²) in [6, 6.07) is 12.2. The molecule has 2 aromatic carbocycles. The average molecular weight is 224 g/mol. The molecule has 0 heterocycles. The zero-order valence-electron chi connectivity index (χ0n) is 10.4. The topological polar surface area (TPSA) is 17.1 Å². The molecule has 0 aliphatic rings. The highest BCUT2D eigenvalue weighted by atomic mass is 16.1. The summed E-state index contributed by atoms with van der Waals surface area (Å²) < 4.78 is 0. The molecule has 0 saturated heterocycles. The molecule has 0 amide bonds. The molecular weight excluding hydrogens is 208 g/mol. The monoisotopic (exact) mass is 224 g/mol. The van der Waals surface area contributed by atoms with Gasteiger partial charge in [0.1, 0.15) is 0 Å². The number of aryl methyl sites for hydroxylation is 2. The van der Waals surface area contributed by atoms with Crippen LogP contribution in [0.15, 0.2) is 36.4 Å². The second kappa shape index (κ2) is 4.54. The molecule has 17 heavy (non-hydrogen) atoms. The first-order valence-corrected chi connectivity index (χ1v) is 5.76. The highest BCUT2D eigenvalue weighted by Gasteiger charge is 2.08. The Kier molecular flexibility index (Phi) is 3.10. The SMILES string of the molecule is Cc1ccc(-c2cccc(C)c2C)c(C=O)c1. The van der Waals surface area contributed by atoms with Crippen molar-refractivity contribution in [1.82, 2.24) is 0 Å². The van der Waals surface area contributed by atoms with Crippen LogP contribution < -0.4 is 0 Å². The minimum absolute atomic E-state index is 0.763. The third kappa shape index (κ3) is 2.14. The fourth-order valence-corrected chi connectivity index (χ4v) is 2.07. The Labute approximate surface area is 102 Å². The van der Waals surface area contributed by atoms with Gasteiger partial charge in [-0.25, -0.2) is 0 Å². The van der Waals surface area contributed by atoms with Crippen LogP contribution >= 0.6 is 0 Å². The third-order valence-electron chi connectivity index (χ3n) is 3.23.